The molecule has 25 heavy (non-hydrogen) atoms. The zero-order valence-electron chi connectivity index (χ0n) is 14.5. The summed E-state index contributed by atoms with van der Waals surface area (Å²) in [6, 6.07) is 5.10. The topological polar surface area (TPSA) is 68.3 Å². The molecule has 1 amide bonds. The zero-order chi connectivity index (χ0) is 18.4. The standard InChI is InChI=1S/C18H21BrN2O3S/c1-4-7-24-18(23)14-8-12(19)5-6-15(14)21-16(22)9-13-10-25-17(20-13)11(2)3/h5-6,8,10-11H,4,7,9H2,1-3H3,(H,21,22). The molecular formula is C18H21BrN2O3S. The average Bonchev–Trinajstić information content (AvgIpc) is 3.02. The van der Waals surface area contributed by atoms with Crippen molar-refractivity contribution in [2.75, 3.05) is 11.9 Å². The van der Waals surface area contributed by atoms with Crippen LogP contribution in [0, 0.1) is 0 Å². The van der Waals surface area contributed by atoms with E-state index in [-0.39, 0.29) is 12.3 Å². The highest BCUT2D eigenvalue weighted by Gasteiger charge is 2.16. The van der Waals surface area contributed by atoms with E-state index in [1.165, 1.54) is 0 Å². The summed E-state index contributed by atoms with van der Waals surface area (Å²) in [5, 5.41) is 5.69. The predicted molar refractivity (Wildman–Crippen MR) is 103 cm³/mol. The lowest BCUT2D eigenvalue weighted by Gasteiger charge is -2.11. The van der Waals surface area contributed by atoms with Crippen molar-refractivity contribution in [3.63, 3.8) is 0 Å². The van der Waals surface area contributed by atoms with Gasteiger partial charge < -0.3 is 10.1 Å². The number of rotatable bonds is 7. The zero-order valence-corrected chi connectivity index (χ0v) is 16.9. The minimum absolute atomic E-state index is 0.169. The summed E-state index contributed by atoms with van der Waals surface area (Å²) < 4.78 is 5.93. The van der Waals surface area contributed by atoms with Gasteiger partial charge in [-0.05, 0) is 24.6 Å². The molecule has 0 bridgehead atoms. The van der Waals surface area contributed by atoms with Crippen molar-refractivity contribution < 1.29 is 14.3 Å². The van der Waals surface area contributed by atoms with Gasteiger partial charge in [0.15, 0.2) is 0 Å². The molecule has 1 heterocycles. The first-order valence-corrected chi connectivity index (χ1v) is 9.78. The Kier molecular flexibility index (Phi) is 7.13. The highest BCUT2D eigenvalue weighted by Crippen LogP contribution is 2.23. The van der Waals surface area contributed by atoms with E-state index in [1.54, 1.807) is 29.5 Å². The van der Waals surface area contributed by atoms with Crippen molar-refractivity contribution in [3.05, 3.63) is 44.3 Å². The molecule has 1 aromatic heterocycles. The summed E-state index contributed by atoms with van der Waals surface area (Å²) in [5.74, 6) is -0.324. The van der Waals surface area contributed by atoms with Gasteiger partial charge in [0.05, 0.1) is 35.0 Å². The van der Waals surface area contributed by atoms with Gasteiger partial charge in [0, 0.05) is 15.8 Å². The predicted octanol–water partition coefficient (Wildman–Crippen LogP) is 4.78. The third kappa shape index (κ3) is 5.64. The minimum atomic E-state index is -0.450. The normalized spacial score (nSPS) is 10.8. The summed E-state index contributed by atoms with van der Waals surface area (Å²) in [4.78, 5) is 29.0. The minimum Gasteiger partial charge on any atom is -0.462 e. The van der Waals surface area contributed by atoms with Gasteiger partial charge in [-0.25, -0.2) is 9.78 Å². The first-order chi connectivity index (χ1) is 11.9. The van der Waals surface area contributed by atoms with E-state index in [0.717, 1.165) is 21.6 Å². The van der Waals surface area contributed by atoms with Gasteiger partial charge in [0.2, 0.25) is 5.91 Å². The number of aromatic nitrogens is 1. The monoisotopic (exact) mass is 424 g/mol. The van der Waals surface area contributed by atoms with E-state index in [9.17, 15) is 9.59 Å². The summed E-state index contributed by atoms with van der Waals surface area (Å²) in [5.41, 5.74) is 1.50. The Labute approximate surface area is 159 Å². The summed E-state index contributed by atoms with van der Waals surface area (Å²) >= 11 is 4.89. The number of carbonyl (C=O) groups excluding carboxylic acids is 2. The summed E-state index contributed by atoms with van der Waals surface area (Å²) in [6.45, 7) is 6.41. The Morgan fingerprint density at radius 1 is 1.36 bits per heavy atom. The van der Waals surface area contributed by atoms with E-state index in [2.05, 4.69) is 40.1 Å². The van der Waals surface area contributed by atoms with Gasteiger partial charge in [0.25, 0.3) is 0 Å². The molecule has 7 heteroatoms. The van der Waals surface area contributed by atoms with Crippen molar-refractivity contribution in [3.8, 4) is 0 Å². The van der Waals surface area contributed by atoms with Crippen LogP contribution >= 0.6 is 27.3 Å². The summed E-state index contributed by atoms with van der Waals surface area (Å²) in [6.07, 6.45) is 0.909. The maximum absolute atomic E-state index is 12.3. The number of ether oxygens (including phenoxy) is 1. The number of benzene rings is 1. The highest BCUT2D eigenvalue weighted by atomic mass is 79.9. The molecule has 2 aromatic rings. The molecule has 134 valence electrons. The summed E-state index contributed by atoms with van der Waals surface area (Å²) in [7, 11) is 0. The van der Waals surface area contributed by atoms with E-state index >= 15 is 0 Å². The lowest BCUT2D eigenvalue weighted by atomic mass is 10.1. The number of esters is 1. The van der Waals surface area contributed by atoms with Crippen LogP contribution in [0.1, 0.15) is 54.2 Å². The first-order valence-electron chi connectivity index (χ1n) is 8.11. The Morgan fingerprint density at radius 3 is 2.76 bits per heavy atom. The van der Waals surface area contributed by atoms with Crippen molar-refractivity contribution in [2.45, 2.75) is 39.5 Å². The fraction of sp³-hybridized carbons (Fsp3) is 0.389. The van der Waals surface area contributed by atoms with Gasteiger partial charge in [-0.1, -0.05) is 36.7 Å². The van der Waals surface area contributed by atoms with E-state index < -0.39 is 5.97 Å². The smallest absolute Gasteiger partial charge is 0.340 e. The number of hydrogen-bond acceptors (Lipinski definition) is 5. The second-order valence-corrected chi connectivity index (χ2v) is 7.69. The molecule has 1 aromatic carbocycles. The van der Waals surface area contributed by atoms with Crippen LogP contribution in [0.3, 0.4) is 0 Å². The van der Waals surface area contributed by atoms with Crippen molar-refractivity contribution in [1.29, 1.82) is 0 Å². The number of halogens is 1. The van der Waals surface area contributed by atoms with Crippen LogP contribution in [0.15, 0.2) is 28.1 Å². The first kappa shape index (κ1) is 19.6. The Balaban J connectivity index is 2.10. The quantitative estimate of drug-likeness (QED) is 0.649. The van der Waals surface area contributed by atoms with Crippen molar-refractivity contribution >= 4 is 44.8 Å². The molecule has 0 atom stereocenters. The third-order valence-electron chi connectivity index (χ3n) is 3.32. The average molecular weight is 425 g/mol. The molecule has 0 saturated heterocycles. The molecule has 0 aliphatic carbocycles. The number of nitrogens with zero attached hydrogens (tertiary/aromatic N) is 1. The van der Waals surface area contributed by atoms with Crippen molar-refractivity contribution in [2.24, 2.45) is 0 Å². The van der Waals surface area contributed by atoms with Gasteiger partial charge in [-0.15, -0.1) is 11.3 Å². The van der Waals surface area contributed by atoms with E-state index in [1.807, 2.05) is 12.3 Å². The molecule has 0 radical (unpaired) electrons. The van der Waals surface area contributed by atoms with Gasteiger partial charge in [-0.3, -0.25) is 4.79 Å². The maximum atomic E-state index is 12.3. The Bertz CT molecular complexity index is 759. The molecular weight excluding hydrogens is 404 g/mol. The van der Waals surface area contributed by atoms with Crippen molar-refractivity contribution in [1.82, 2.24) is 4.98 Å². The largest absolute Gasteiger partial charge is 0.462 e. The van der Waals surface area contributed by atoms with Crippen LogP contribution in [-0.2, 0) is 16.0 Å². The van der Waals surface area contributed by atoms with Crippen LogP contribution in [0.4, 0.5) is 5.69 Å². The Hall–Kier alpha value is -1.73. The molecule has 5 nitrogen and oxygen atoms in total. The number of amides is 1. The molecule has 0 aliphatic rings. The fourth-order valence-electron chi connectivity index (χ4n) is 2.09. The second-order valence-electron chi connectivity index (χ2n) is 5.88. The number of carbonyl (C=O) groups is 2. The van der Waals surface area contributed by atoms with E-state index in [0.29, 0.717) is 23.8 Å². The number of hydrogen-bond donors (Lipinski definition) is 1. The maximum Gasteiger partial charge on any atom is 0.340 e. The molecule has 0 unspecified atom stereocenters. The number of nitrogens with one attached hydrogen (secondary N) is 1. The molecule has 0 fully saturated rings. The van der Waals surface area contributed by atoms with Crippen LogP contribution in [-0.4, -0.2) is 23.5 Å². The lowest BCUT2D eigenvalue weighted by molar-refractivity contribution is -0.115. The van der Waals surface area contributed by atoms with Gasteiger partial charge in [-0.2, -0.15) is 0 Å². The Morgan fingerprint density at radius 2 is 2.12 bits per heavy atom. The third-order valence-corrected chi connectivity index (χ3v) is 5.01. The van der Waals surface area contributed by atoms with Gasteiger partial charge >= 0.3 is 5.97 Å². The van der Waals surface area contributed by atoms with Gasteiger partial charge in [0.1, 0.15) is 0 Å². The SMILES string of the molecule is CCCOC(=O)c1cc(Br)ccc1NC(=O)Cc1csc(C(C)C)n1. The van der Waals surface area contributed by atoms with Crippen LogP contribution < -0.4 is 5.32 Å². The highest BCUT2D eigenvalue weighted by molar-refractivity contribution is 9.10. The molecule has 0 spiro atoms. The molecule has 0 aliphatic heterocycles. The number of anilines is 1. The van der Waals surface area contributed by atoms with Crippen LogP contribution in [0.5, 0.6) is 0 Å². The number of thiazole rings is 1. The lowest BCUT2D eigenvalue weighted by Crippen LogP contribution is -2.18. The van der Waals surface area contributed by atoms with Crippen LogP contribution in [0.25, 0.3) is 0 Å². The molecule has 0 saturated carbocycles. The van der Waals surface area contributed by atoms with E-state index in [4.69, 9.17) is 4.74 Å². The fourth-order valence-corrected chi connectivity index (χ4v) is 3.29. The molecule has 2 rings (SSSR count). The second kappa shape index (κ2) is 9.10. The van der Waals surface area contributed by atoms with Crippen LogP contribution in [0.2, 0.25) is 0 Å². The molecule has 1 N–H and O–H groups in total.